The zero-order valence-corrected chi connectivity index (χ0v) is 22.9. The number of nitrogens with one attached hydrogen (secondary N) is 1. The van der Waals surface area contributed by atoms with Gasteiger partial charge in [0.05, 0.1) is 5.56 Å². The largest absolute Gasteiger partial charge is 0.444 e. The molecule has 0 bridgehead atoms. The third-order valence-electron chi connectivity index (χ3n) is 7.26. The molecule has 6 nitrogen and oxygen atoms in total. The van der Waals surface area contributed by atoms with Crippen molar-refractivity contribution in [2.45, 2.75) is 91.2 Å². The van der Waals surface area contributed by atoms with Gasteiger partial charge >= 0.3 is 12.3 Å². The van der Waals surface area contributed by atoms with E-state index in [9.17, 15) is 22.8 Å². The number of ether oxygens (including phenoxy) is 1. The summed E-state index contributed by atoms with van der Waals surface area (Å²) in [5.74, 6) is 0.681. The van der Waals surface area contributed by atoms with Gasteiger partial charge in [0.2, 0.25) is 5.91 Å². The first-order chi connectivity index (χ1) is 17.2. The van der Waals surface area contributed by atoms with Gasteiger partial charge in [-0.1, -0.05) is 32.0 Å². The van der Waals surface area contributed by atoms with Gasteiger partial charge in [-0.25, -0.2) is 4.79 Å². The van der Waals surface area contributed by atoms with Crippen LogP contribution in [-0.4, -0.2) is 59.1 Å². The molecule has 0 radical (unpaired) electrons. The van der Waals surface area contributed by atoms with Gasteiger partial charge in [-0.05, 0) is 76.3 Å². The summed E-state index contributed by atoms with van der Waals surface area (Å²) in [6.45, 7) is 13.7. The Kier molecular flexibility index (Phi) is 9.19. The highest BCUT2D eigenvalue weighted by atomic mass is 19.4. The first kappa shape index (κ1) is 29.3. The number of hydrogen-bond donors (Lipinski definition) is 1. The lowest BCUT2D eigenvalue weighted by Crippen LogP contribution is -2.54. The van der Waals surface area contributed by atoms with Gasteiger partial charge in [0, 0.05) is 32.2 Å². The van der Waals surface area contributed by atoms with E-state index in [1.54, 1.807) is 26.8 Å². The first-order valence-corrected chi connectivity index (χ1v) is 13.4. The van der Waals surface area contributed by atoms with Crippen molar-refractivity contribution in [2.75, 3.05) is 19.6 Å². The molecule has 1 aliphatic carbocycles. The van der Waals surface area contributed by atoms with Crippen molar-refractivity contribution in [3.63, 3.8) is 0 Å². The molecule has 1 aromatic carbocycles. The maximum atomic E-state index is 13.5. The molecule has 37 heavy (non-hydrogen) atoms. The van der Waals surface area contributed by atoms with Crippen LogP contribution in [0.5, 0.6) is 0 Å². The third-order valence-corrected chi connectivity index (χ3v) is 7.26. The molecule has 1 N–H and O–H groups in total. The number of carbonyl (C=O) groups excluding carboxylic acids is 2. The fourth-order valence-corrected chi connectivity index (χ4v) is 5.67. The average molecular weight is 526 g/mol. The fraction of sp³-hybridized carbons (Fsp3) is 0.714. The van der Waals surface area contributed by atoms with E-state index >= 15 is 0 Å². The Morgan fingerprint density at radius 1 is 1.16 bits per heavy atom. The van der Waals surface area contributed by atoms with E-state index in [0.29, 0.717) is 31.0 Å². The predicted octanol–water partition coefficient (Wildman–Crippen LogP) is 5.70. The highest BCUT2D eigenvalue weighted by molar-refractivity contribution is 5.86. The van der Waals surface area contributed by atoms with E-state index < -0.39 is 29.5 Å². The van der Waals surface area contributed by atoms with Crippen LogP contribution >= 0.6 is 0 Å². The van der Waals surface area contributed by atoms with Crippen molar-refractivity contribution in [3.05, 3.63) is 35.4 Å². The molecule has 208 valence electrons. The number of hydrogen-bond acceptors (Lipinski definition) is 4. The number of likely N-dealkylation sites (tertiary alicyclic amines) is 1. The highest BCUT2D eigenvalue weighted by Gasteiger charge is 2.44. The maximum absolute atomic E-state index is 13.5. The number of benzene rings is 1. The Hall–Kier alpha value is -2.29. The Labute approximate surface area is 218 Å². The van der Waals surface area contributed by atoms with Crippen molar-refractivity contribution in [1.82, 2.24) is 15.1 Å². The predicted molar refractivity (Wildman–Crippen MR) is 137 cm³/mol. The zero-order valence-electron chi connectivity index (χ0n) is 22.9. The van der Waals surface area contributed by atoms with Crippen LogP contribution < -0.4 is 5.32 Å². The summed E-state index contributed by atoms with van der Waals surface area (Å²) in [7, 11) is 0. The number of halogens is 3. The van der Waals surface area contributed by atoms with Crippen molar-refractivity contribution in [2.24, 2.45) is 17.8 Å². The highest BCUT2D eigenvalue weighted by Crippen LogP contribution is 2.39. The standard InChI is InChI=1S/C28H42F3N3O3/c1-7-34(26(36)37-27(4,5)6)24(13-18(2)3)25(35)32-23-12-11-20-16-33(17-22(20)23)15-19-9-8-10-21(14-19)28(29,30)31/h8-10,14,18,20,22-24H,7,11-13,15-17H2,1-6H3,(H,32,35)/t20-,22+,23+,24+/m1/s1. The van der Waals surface area contributed by atoms with Crippen LogP contribution in [0.25, 0.3) is 0 Å². The van der Waals surface area contributed by atoms with E-state index in [1.165, 1.54) is 17.0 Å². The van der Waals surface area contributed by atoms with Gasteiger partial charge in [0.1, 0.15) is 11.6 Å². The molecule has 4 atom stereocenters. The average Bonchev–Trinajstić information content (AvgIpc) is 3.32. The van der Waals surface area contributed by atoms with Crippen LogP contribution in [0.1, 0.15) is 71.9 Å². The number of alkyl halides is 3. The van der Waals surface area contributed by atoms with Crippen LogP contribution in [0.3, 0.4) is 0 Å². The summed E-state index contributed by atoms with van der Waals surface area (Å²) in [6.07, 6.45) is -2.49. The lowest BCUT2D eigenvalue weighted by atomic mass is 9.96. The summed E-state index contributed by atoms with van der Waals surface area (Å²) in [4.78, 5) is 30.1. The Bertz CT molecular complexity index is 945. The topological polar surface area (TPSA) is 61.9 Å². The SMILES string of the molecule is CCN(C(=O)OC(C)(C)C)[C@@H](CC(C)C)C(=O)N[C@H]1CC[C@@H]2CN(Cc3cccc(C(F)(F)F)c3)C[C@@H]21. The minimum absolute atomic E-state index is 0.0176. The van der Waals surface area contributed by atoms with Crippen molar-refractivity contribution in [3.8, 4) is 0 Å². The van der Waals surface area contributed by atoms with Gasteiger partial charge < -0.3 is 10.1 Å². The summed E-state index contributed by atoms with van der Waals surface area (Å²) in [5, 5.41) is 3.24. The van der Waals surface area contributed by atoms with Crippen molar-refractivity contribution >= 4 is 12.0 Å². The molecule has 0 unspecified atom stereocenters. The first-order valence-electron chi connectivity index (χ1n) is 13.4. The Balaban J connectivity index is 1.66. The van der Waals surface area contributed by atoms with E-state index in [4.69, 9.17) is 4.74 Å². The smallest absolute Gasteiger partial charge is 0.416 e. The second kappa shape index (κ2) is 11.6. The molecule has 3 rings (SSSR count). The number of amides is 2. The van der Waals surface area contributed by atoms with Crippen molar-refractivity contribution < 1.29 is 27.5 Å². The van der Waals surface area contributed by atoms with Crippen LogP contribution in [0, 0.1) is 17.8 Å². The molecule has 1 saturated heterocycles. The summed E-state index contributed by atoms with van der Waals surface area (Å²) in [5.41, 5.74) is -0.644. The summed E-state index contributed by atoms with van der Waals surface area (Å²) in [6, 6.07) is 4.86. The molecule has 1 aromatic rings. The minimum atomic E-state index is -4.36. The van der Waals surface area contributed by atoms with E-state index in [1.807, 2.05) is 20.8 Å². The molecule has 1 heterocycles. The van der Waals surface area contributed by atoms with Crippen LogP contribution in [-0.2, 0) is 22.3 Å². The molecule has 0 aromatic heterocycles. The molecule has 1 saturated carbocycles. The second-order valence-corrected chi connectivity index (χ2v) is 11.9. The minimum Gasteiger partial charge on any atom is -0.444 e. The molecule has 2 amide bonds. The maximum Gasteiger partial charge on any atom is 0.416 e. The molecular formula is C28H42F3N3O3. The fourth-order valence-electron chi connectivity index (χ4n) is 5.67. The van der Waals surface area contributed by atoms with Gasteiger partial charge in [-0.15, -0.1) is 0 Å². The van der Waals surface area contributed by atoms with Crippen LogP contribution in [0.15, 0.2) is 24.3 Å². The van der Waals surface area contributed by atoms with Gasteiger partial charge in [0.25, 0.3) is 0 Å². The quantitative estimate of drug-likeness (QED) is 0.473. The Morgan fingerprint density at radius 2 is 1.86 bits per heavy atom. The summed E-state index contributed by atoms with van der Waals surface area (Å²) >= 11 is 0. The van der Waals surface area contributed by atoms with Crippen LogP contribution in [0.4, 0.5) is 18.0 Å². The summed E-state index contributed by atoms with van der Waals surface area (Å²) < 4.78 is 44.9. The second-order valence-electron chi connectivity index (χ2n) is 11.9. The molecule has 9 heteroatoms. The molecule has 1 aliphatic heterocycles. The lowest BCUT2D eigenvalue weighted by molar-refractivity contribution is -0.137. The number of nitrogens with zero attached hydrogens (tertiary/aromatic N) is 2. The molecular weight excluding hydrogens is 483 g/mol. The van der Waals surface area contributed by atoms with E-state index in [-0.39, 0.29) is 23.8 Å². The van der Waals surface area contributed by atoms with E-state index in [0.717, 1.165) is 32.0 Å². The van der Waals surface area contributed by atoms with Crippen molar-refractivity contribution in [1.29, 1.82) is 0 Å². The number of carbonyl (C=O) groups is 2. The Morgan fingerprint density at radius 3 is 2.46 bits per heavy atom. The van der Waals surface area contributed by atoms with Gasteiger partial charge in [-0.2, -0.15) is 13.2 Å². The van der Waals surface area contributed by atoms with Crippen LogP contribution in [0.2, 0.25) is 0 Å². The van der Waals surface area contributed by atoms with Gasteiger partial charge in [-0.3, -0.25) is 14.6 Å². The third kappa shape index (κ3) is 7.85. The lowest BCUT2D eigenvalue weighted by Gasteiger charge is -2.34. The van der Waals surface area contributed by atoms with Gasteiger partial charge in [0.15, 0.2) is 0 Å². The molecule has 2 fully saturated rings. The molecule has 0 spiro atoms. The number of likely N-dealkylation sites (N-methyl/N-ethyl adjacent to an activating group) is 1. The van der Waals surface area contributed by atoms with E-state index in [2.05, 4.69) is 10.2 Å². The zero-order chi connectivity index (χ0) is 27.5. The number of fused-ring (bicyclic) bond motifs is 1. The molecule has 2 aliphatic rings. The normalized spacial score (nSPS) is 23.1. The monoisotopic (exact) mass is 525 g/mol. The number of rotatable bonds is 8.